The monoisotopic (exact) mass is 431 g/mol. The van der Waals surface area contributed by atoms with E-state index in [9.17, 15) is 14.4 Å². The first-order valence-electron chi connectivity index (χ1n) is 8.33. The fraction of sp³-hybridized carbons (Fsp3) is 0.389. The van der Waals surface area contributed by atoms with Gasteiger partial charge in [0.05, 0.1) is 21.6 Å². The lowest BCUT2D eigenvalue weighted by atomic mass is 10.2. The van der Waals surface area contributed by atoms with Crippen LogP contribution < -0.4 is 4.74 Å². The molecule has 0 N–H and O–H groups in total. The molecule has 1 aliphatic heterocycles. The Labute approximate surface area is 171 Å². The minimum Gasteiger partial charge on any atom is -0.479 e. The number of thioether (sulfide) groups is 1. The molecule has 1 aromatic carbocycles. The Morgan fingerprint density at radius 2 is 1.89 bits per heavy atom. The summed E-state index contributed by atoms with van der Waals surface area (Å²) in [6.45, 7) is 5.35. The van der Waals surface area contributed by atoms with Gasteiger partial charge in [-0.15, -0.1) is 0 Å². The van der Waals surface area contributed by atoms with E-state index in [1.807, 2.05) is 13.8 Å². The van der Waals surface area contributed by atoms with E-state index >= 15 is 0 Å². The van der Waals surface area contributed by atoms with E-state index in [1.165, 1.54) is 4.90 Å². The molecule has 0 aromatic heterocycles. The van der Waals surface area contributed by atoms with Crippen LogP contribution in [-0.4, -0.2) is 41.3 Å². The van der Waals surface area contributed by atoms with Gasteiger partial charge >= 0.3 is 5.97 Å². The fourth-order valence-electron chi connectivity index (χ4n) is 2.33. The van der Waals surface area contributed by atoms with Gasteiger partial charge < -0.3 is 9.47 Å². The number of benzene rings is 1. The lowest BCUT2D eigenvalue weighted by molar-refractivity contribution is -0.145. The van der Waals surface area contributed by atoms with Gasteiger partial charge in [0.25, 0.3) is 11.1 Å². The molecule has 9 heteroatoms. The van der Waals surface area contributed by atoms with Gasteiger partial charge in [0, 0.05) is 6.04 Å². The van der Waals surface area contributed by atoms with Crippen LogP contribution in [0, 0.1) is 0 Å². The molecule has 146 valence electrons. The number of rotatable bonds is 7. The lowest BCUT2D eigenvalue weighted by Gasteiger charge is -2.19. The molecule has 1 fully saturated rings. The standard InChI is InChI=1S/C18H19Cl2NO5S/c1-4-10(3)21-17(23)14(27-18(21)24)8-11-6-12(19)16(13(20)7-11)26-9-15(22)25-5-2/h6-8,10H,4-5,9H2,1-3H3/b14-8+/t10-/m0/s1. The Kier molecular flexibility index (Phi) is 7.59. The van der Waals surface area contributed by atoms with Gasteiger partial charge in [-0.05, 0) is 55.8 Å². The average molecular weight is 432 g/mol. The Morgan fingerprint density at radius 1 is 1.26 bits per heavy atom. The van der Waals surface area contributed by atoms with Gasteiger partial charge in [-0.3, -0.25) is 14.5 Å². The van der Waals surface area contributed by atoms with Crippen molar-refractivity contribution in [2.75, 3.05) is 13.2 Å². The SMILES string of the molecule is CCOC(=O)COc1c(Cl)cc(/C=C2/SC(=O)N([C@@H](C)CC)C2=O)cc1Cl. The second-order valence-corrected chi connectivity index (χ2v) is 7.52. The molecular weight excluding hydrogens is 413 g/mol. The number of carbonyl (C=O) groups is 3. The van der Waals surface area contributed by atoms with Crippen LogP contribution in [0.4, 0.5) is 4.79 Å². The highest BCUT2D eigenvalue weighted by atomic mass is 35.5. The van der Waals surface area contributed by atoms with Crippen molar-refractivity contribution in [3.8, 4) is 5.75 Å². The molecule has 6 nitrogen and oxygen atoms in total. The molecule has 2 rings (SSSR count). The highest BCUT2D eigenvalue weighted by molar-refractivity contribution is 8.18. The number of hydrogen-bond acceptors (Lipinski definition) is 6. The summed E-state index contributed by atoms with van der Waals surface area (Å²) in [6, 6.07) is 2.92. The van der Waals surface area contributed by atoms with Crippen LogP contribution in [0.1, 0.15) is 32.8 Å². The Balaban J connectivity index is 2.21. The maximum absolute atomic E-state index is 12.5. The van der Waals surface area contributed by atoms with E-state index in [0.29, 0.717) is 16.9 Å². The Bertz CT molecular complexity index is 773. The summed E-state index contributed by atoms with van der Waals surface area (Å²) in [4.78, 5) is 37.5. The molecule has 1 saturated heterocycles. The quantitative estimate of drug-likeness (QED) is 0.457. The van der Waals surface area contributed by atoms with Crippen LogP contribution in [0.15, 0.2) is 17.0 Å². The number of halogens is 2. The Hall–Kier alpha value is -1.70. The minimum absolute atomic E-state index is 0.149. The molecule has 0 bridgehead atoms. The molecular formula is C18H19Cl2NO5S. The predicted octanol–water partition coefficient (Wildman–Crippen LogP) is 4.77. The summed E-state index contributed by atoms with van der Waals surface area (Å²) in [5, 5.41) is 0.0607. The second kappa shape index (κ2) is 9.48. The third kappa shape index (κ3) is 5.18. The van der Waals surface area contributed by atoms with Crippen LogP contribution in [-0.2, 0) is 14.3 Å². The number of nitrogens with zero attached hydrogens (tertiary/aromatic N) is 1. The summed E-state index contributed by atoms with van der Waals surface area (Å²) >= 11 is 13.3. The summed E-state index contributed by atoms with van der Waals surface area (Å²) < 4.78 is 10.1. The van der Waals surface area contributed by atoms with E-state index in [-0.39, 0.29) is 46.2 Å². The molecule has 0 radical (unpaired) electrons. The molecule has 2 amide bonds. The van der Waals surface area contributed by atoms with Crippen molar-refractivity contribution in [1.29, 1.82) is 0 Å². The summed E-state index contributed by atoms with van der Waals surface area (Å²) in [7, 11) is 0. The van der Waals surface area contributed by atoms with Gasteiger partial charge in [-0.1, -0.05) is 30.1 Å². The molecule has 1 heterocycles. The first-order chi connectivity index (χ1) is 12.8. The van der Waals surface area contributed by atoms with Gasteiger partial charge in [-0.2, -0.15) is 0 Å². The van der Waals surface area contributed by atoms with Crippen LogP contribution in [0.5, 0.6) is 5.75 Å². The minimum atomic E-state index is -0.535. The second-order valence-electron chi connectivity index (χ2n) is 5.72. The maximum atomic E-state index is 12.5. The summed E-state index contributed by atoms with van der Waals surface area (Å²) in [6.07, 6.45) is 2.23. The number of hydrogen-bond donors (Lipinski definition) is 0. The van der Waals surface area contributed by atoms with Gasteiger partial charge in [-0.25, -0.2) is 4.79 Å². The first kappa shape index (κ1) is 21.6. The average Bonchev–Trinajstić information content (AvgIpc) is 2.87. The lowest BCUT2D eigenvalue weighted by Crippen LogP contribution is -2.36. The van der Waals surface area contributed by atoms with Crippen molar-refractivity contribution in [3.63, 3.8) is 0 Å². The molecule has 1 atom stereocenters. The maximum Gasteiger partial charge on any atom is 0.344 e. The molecule has 27 heavy (non-hydrogen) atoms. The highest BCUT2D eigenvalue weighted by Crippen LogP contribution is 2.38. The van der Waals surface area contributed by atoms with E-state index in [2.05, 4.69) is 0 Å². The van der Waals surface area contributed by atoms with Crippen molar-refractivity contribution in [2.24, 2.45) is 0 Å². The highest BCUT2D eigenvalue weighted by Gasteiger charge is 2.37. The van der Waals surface area contributed by atoms with Crippen molar-refractivity contribution < 1.29 is 23.9 Å². The Morgan fingerprint density at radius 3 is 2.44 bits per heavy atom. The van der Waals surface area contributed by atoms with Crippen molar-refractivity contribution in [1.82, 2.24) is 4.90 Å². The van der Waals surface area contributed by atoms with Gasteiger partial charge in [0.1, 0.15) is 0 Å². The van der Waals surface area contributed by atoms with Crippen LogP contribution in [0.3, 0.4) is 0 Å². The molecule has 0 saturated carbocycles. The van der Waals surface area contributed by atoms with Gasteiger partial charge in [0.15, 0.2) is 12.4 Å². The largest absolute Gasteiger partial charge is 0.479 e. The number of esters is 1. The molecule has 0 unspecified atom stereocenters. The van der Waals surface area contributed by atoms with E-state index in [4.69, 9.17) is 32.7 Å². The molecule has 0 aliphatic carbocycles. The first-order valence-corrected chi connectivity index (χ1v) is 9.90. The van der Waals surface area contributed by atoms with E-state index in [1.54, 1.807) is 25.1 Å². The van der Waals surface area contributed by atoms with Crippen molar-refractivity contribution >= 4 is 58.2 Å². The number of amides is 2. The van der Waals surface area contributed by atoms with Crippen LogP contribution in [0.2, 0.25) is 10.0 Å². The predicted molar refractivity (Wildman–Crippen MR) is 106 cm³/mol. The number of ether oxygens (including phenoxy) is 2. The van der Waals surface area contributed by atoms with Crippen molar-refractivity contribution in [2.45, 2.75) is 33.2 Å². The van der Waals surface area contributed by atoms with E-state index in [0.717, 1.165) is 11.8 Å². The zero-order chi connectivity index (χ0) is 20.1. The summed E-state index contributed by atoms with van der Waals surface area (Å²) in [5.41, 5.74) is 0.545. The topological polar surface area (TPSA) is 72.9 Å². The summed E-state index contributed by atoms with van der Waals surface area (Å²) in [5.74, 6) is -0.724. The van der Waals surface area contributed by atoms with Crippen molar-refractivity contribution in [3.05, 3.63) is 32.6 Å². The molecule has 0 spiro atoms. The normalized spacial score (nSPS) is 16.8. The number of imide groups is 1. The van der Waals surface area contributed by atoms with Crippen LogP contribution >= 0.6 is 35.0 Å². The number of carbonyl (C=O) groups excluding carboxylic acids is 3. The zero-order valence-electron chi connectivity index (χ0n) is 15.1. The molecule has 1 aromatic rings. The third-order valence-electron chi connectivity index (χ3n) is 3.81. The van der Waals surface area contributed by atoms with Crippen LogP contribution in [0.25, 0.3) is 6.08 Å². The zero-order valence-corrected chi connectivity index (χ0v) is 17.4. The molecule has 1 aliphatic rings. The fourth-order valence-corrected chi connectivity index (χ4v) is 3.87. The third-order valence-corrected chi connectivity index (χ3v) is 5.26. The van der Waals surface area contributed by atoms with Gasteiger partial charge in [0.2, 0.25) is 0 Å². The van der Waals surface area contributed by atoms with E-state index < -0.39 is 5.97 Å². The smallest absolute Gasteiger partial charge is 0.344 e.